The monoisotopic (exact) mass is 268 g/mol. The Morgan fingerprint density at radius 2 is 1.67 bits per heavy atom. The van der Waals surface area contributed by atoms with Crippen molar-refractivity contribution in [2.45, 2.75) is 44.9 Å². The molecule has 1 aliphatic rings. The molecule has 0 atom stereocenters. The minimum absolute atomic E-state index is 0.162. The Labute approximate surface area is 107 Å². The Hall–Kier alpha value is -1.16. The first-order chi connectivity index (χ1) is 8.06. The summed E-state index contributed by atoms with van der Waals surface area (Å²) in [5.41, 5.74) is 1.76. The number of benzene rings is 1. The van der Waals surface area contributed by atoms with E-state index in [0.717, 1.165) is 5.56 Å². The van der Waals surface area contributed by atoms with Crippen molar-refractivity contribution < 1.29 is 12.8 Å². The zero-order valence-corrected chi connectivity index (χ0v) is 12.1. The molecule has 18 heavy (non-hydrogen) atoms. The number of sulfone groups is 1. The van der Waals surface area contributed by atoms with Crippen molar-refractivity contribution in [3.8, 4) is 0 Å². The van der Waals surface area contributed by atoms with E-state index in [2.05, 4.69) is 0 Å². The summed E-state index contributed by atoms with van der Waals surface area (Å²) in [5, 5.41) is 0. The molecule has 0 aliphatic carbocycles. The van der Waals surface area contributed by atoms with Crippen molar-refractivity contribution in [2.24, 2.45) is 0 Å². The van der Waals surface area contributed by atoms with Crippen LogP contribution in [0.5, 0.6) is 0 Å². The van der Waals surface area contributed by atoms with E-state index in [1.165, 1.54) is 13.0 Å². The van der Waals surface area contributed by atoms with E-state index in [0.29, 0.717) is 11.1 Å². The van der Waals surface area contributed by atoms with Crippen molar-refractivity contribution >= 4 is 15.4 Å². The van der Waals surface area contributed by atoms with Gasteiger partial charge in [0.1, 0.15) is 10.7 Å². The van der Waals surface area contributed by atoms with E-state index >= 15 is 0 Å². The molecule has 0 unspecified atom stereocenters. The number of hydrogen-bond acceptors (Lipinski definition) is 2. The number of fused-ring (bicyclic) bond motifs is 1. The van der Waals surface area contributed by atoms with E-state index in [1.807, 2.05) is 20.8 Å². The first-order valence-electron chi connectivity index (χ1n) is 5.84. The minimum Gasteiger partial charge on any atom is -0.219 e. The second-order valence-electron chi connectivity index (χ2n) is 5.77. The summed E-state index contributed by atoms with van der Waals surface area (Å²) in [6.45, 7) is 9.18. The van der Waals surface area contributed by atoms with Gasteiger partial charge in [-0.2, -0.15) is 0 Å². The quantitative estimate of drug-likeness (QED) is 0.719. The maximum absolute atomic E-state index is 14.1. The van der Waals surface area contributed by atoms with Crippen LogP contribution >= 0.6 is 0 Å². The van der Waals surface area contributed by atoms with Gasteiger partial charge in [0.05, 0.1) is 0 Å². The fourth-order valence-corrected chi connectivity index (χ4v) is 3.76. The van der Waals surface area contributed by atoms with Crippen LogP contribution in [0, 0.1) is 5.82 Å². The average molecular weight is 268 g/mol. The fraction of sp³-hybridized carbons (Fsp3) is 0.429. The van der Waals surface area contributed by atoms with Crippen LogP contribution in [-0.4, -0.2) is 8.42 Å². The van der Waals surface area contributed by atoms with Gasteiger partial charge in [0.2, 0.25) is 9.84 Å². The zero-order chi connectivity index (χ0) is 13.9. The van der Waals surface area contributed by atoms with E-state index < -0.39 is 15.7 Å². The highest BCUT2D eigenvalue weighted by Crippen LogP contribution is 2.42. The molecular formula is C14H17FO2S. The predicted molar refractivity (Wildman–Crippen MR) is 70.6 cm³/mol. The molecule has 0 fully saturated rings. The normalized spacial score (nSPS) is 18.1. The summed E-state index contributed by atoms with van der Waals surface area (Å²) < 4.78 is 38.3. The van der Waals surface area contributed by atoms with Crippen molar-refractivity contribution in [1.82, 2.24) is 0 Å². The van der Waals surface area contributed by atoms with Crippen molar-refractivity contribution in [3.63, 3.8) is 0 Å². The summed E-state index contributed by atoms with van der Waals surface area (Å²) in [6.07, 6.45) is 0. The third-order valence-corrected chi connectivity index (χ3v) is 5.58. The number of halogens is 1. The lowest BCUT2D eigenvalue weighted by Gasteiger charge is -2.20. The van der Waals surface area contributed by atoms with Gasteiger partial charge >= 0.3 is 0 Å². The Morgan fingerprint density at radius 3 is 2.17 bits per heavy atom. The molecular weight excluding hydrogens is 251 g/mol. The van der Waals surface area contributed by atoms with Gasteiger partial charge in [-0.3, -0.25) is 0 Å². The smallest absolute Gasteiger partial charge is 0.206 e. The standard InChI is InChI=1S/C14H17FO2S/c1-8-9(2)18(16,17)13-11(8)6-10(7-12(13)15)14(3,4)5/h6-7H,1-5H3. The maximum Gasteiger partial charge on any atom is 0.206 e. The van der Waals surface area contributed by atoms with Crippen LogP contribution in [0.2, 0.25) is 0 Å². The van der Waals surface area contributed by atoms with Crippen LogP contribution in [-0.2, 0) is 15.3 Å². The molecule has 0 radical (unpaired) electrons. The molecule has 0 N–H and O–H groups in total. The molecule has 1 aliphatic heterocycles. The van der Waals surface area contributed by atoms with Gasteiger partial charge in [-0.1, -0.05) is 20.8 Å². The lowest BCUT2D eigenvalue weighted by molar-refractivity contribution is 0.551. The minimum atomic E-state index is -3.62. The van der Waals surface area contributed by atoms with Gasteiger partial charge < -0.3 is 0 Å². The molecule has 1 heterocycles. The molecule has 0 saturated heterocycles. The zero-order valence-electron chi connectivity index (χ0n) is 11.3. The predicted octanol–water partition coefficient (Wildman–Crippen LogP) is 3.66. The van der Waals surface area contributed by atoms with Gasteiger partial charge in [0.25, 0.3) is 0 Å². The van der Waals surface area contributed by atoms with Gasteiger partial charge in [0.15, 0.2) is 0 Å². The molecule has 1 aromatic carbocycles. The van der Waals surface area contributed by atoms with Gasteiger partial charge in [-0.25, -0.2) is 12.8 Å². The van der Waals surface area contributed by atoms with Crippen LogP contribution in [0.3, 0.4) is 0 Å². The third-order valence-electron chi connectivity index (χ3n) is 3.51. The van der Waals surface area contributed by atoms with Crippen LogP contribution in [0.15, 0.2) is 21.9 Å². The lowest BCUT2D eigenvalue weighted by atomic mass is 9.85. The molecule has 1 aromatic rings. The number of rotatable bonds is 0. The van der Waals surface area contributed by atoms with Gasteiger partial charge in [-0.15, -0.1) is 0 Å². The van der Waals surface area contributed by atoms with E-state index in [4.69, 9.17) is 0 Å². The molecule has 4 heteroatoms. The van der Waals surface area contributed by atoms with Gasteiger partial charge in [0, 0.05) is 10.5 Å². The first-order valence-corrected chi connectivity index (χ1v) is 7.32. The van der Waals surface area contributed by atoms with Gasteiger partial charge in [-0.05, 0) is 42.5 Å². The van der Waals surface area contributed by atoms with Crippen molar-refractivity contribution in [3.05, 3.63) is 34.0 Å². The van der Waals surface area contributed by atoms with E-state index in [-0.39, 0.29) is 15.2 Å². The maximum atomic E-state index is 14.1. The Bertz CT molecular complexity index is 662. The summed E-state index contributed by atoms with van der Waals surface area (Å²) in [6, 6.07) is 3.13. The van der Waals surface area contributed by atoms with Crippen molar-refractivity contribution in [1.29, 1.82) is 0 Å². The molecule has 0 saturated carbocycles. The van der Waals surface area contributed by atoms with Crippen LogP contribution in [0.4, 0.5) is 4.39 Å². The molecule has 0 spiro atoms. The number of allylic oxidation sites excluding steroid dienone is 2. The first kappa shape index (κ1) is 13.3. The van der Waals surface area contributed by atoms with Crippen LogP contribution in [0.25, 0.3) is 5.57 Å². The van der Waals surface area contributed by atoms with Crippen molar-refractivity contribution in [2.75, 3.05) is 0 Å². The van der Waals surface area contributed by atoms with Crippen LogP contribution in [0.1, 0.15) is 45.7 Å². The SMILES string of the molecule is CC1=C(C)S(=O)(=O)c2c(F)cc(C(C)(C)C)cc21. The number of hydrogen-bond donors (Lipinski definition) is 0. The third kappa shape index (κ3) is 1.70. The molecule has 0 bridgehead atoms. The highest BCUT2D eigenvalue weighted by atomic mass is 32.2. The fourth-order valence-electron chi connectivity index (χ4n) is 2.12. The largest absolute Gasteiger partial charge is 0.219 e. The second-order valence-corrected chi connectivity index (χ2v) is 7.80. The Morgan fingerprint density at radius 1 is 1.11 bits per heavy atom. The Balaban J connectivity index is 2.84. The summed E-state index contributed by atoms with van der Waals surface area (Å²) in [4.78, 5) is 0.0907. The lowest BCUT2D eigenvalue weighted by Crippen LogP contribution is -2.13. The summed E-state index contributed by atoms with van der Waals surface area (Å²) >= 11 is 0. The highest BCUT2D eigenvalue weighted by Gasteiger charge is 2.35. The van der Waals surface area contributed by atoms with Crippen LogP contribution < -0.4 is 0 Å². The summed E-state index contributed by atoms with van der Waals surface area (Å²) in [5.74, 6) is -0.645. The topological polar surface area (TPSA) is 34.1 Å². The molecule has 98 valence electrons. The molecule has 2 nitrogen and oxygen atoms in total. The Kier molecular flexibility index (Phi) is 2.71. The second kappa shape index (κ2) is 3.67. The average Bonchev–Trinajstić information content (AvgIpc) is 2.39. The molecule has 0 amide bonds. The highest BCUT2D eigenvalue weighted by molar-refractivity contribution is 7.95. The van der Waals surface area contributed by atoms with E-state index in [9.17, 15) is 12.8 Å². The van der Waals surface area contributed by atoms with E-state index in [1.54, 1.807) is 13.0 Å². The summed E-state index contributed by atoms with van der Waals surface area (Å²) in [7, 11) is -3.62. The molecule has 0 aromatic heterocycles. The molecule has 2 rings (SSSR count).